The van der Waals surface area contributed by atoms with Gasteiger partial charge in [0, 0.05) is 12.5 Å². The van der Waals surface area contributed by atoms with Crippen molar-refractivity contribution < 1.29 is 14.3 Å². The van der Waals surface area contributed by atoms with Crippen LogP contribution in [0.2, 0.25) is 0 Å². The molecule has 19 heavy (non-hydrogen) atoms. The van der Waals surface area contributed by atoms with E-state index in [1.165, 1.54) is 12.1 Å². The lowest BCUT2D eigenvalue weighted by Gasteiger charge is -2.24. The molecule has 0 amide bonds. The highest BCUT2D eigenvalue weighted by Crippen LogP contribution is 2.23. The fraction of sp³-hybridized carbons (Fsp3) is 0.533. The van der Waals surface area contributed by atoms with Crippen LogP contribution < -0.4 is 0 Å². The van der Waals surface area contributed by atoms with Crippen molar-refractivity contribution in [1.82, 2.24) is 4.90 Å². The van der Waals surface area contributed by atoms with Crippen molar-refractivity contribution in [2.75, 3.05) is 19.7 Å². The number of carbonyl (C=O) groups excluding carboxylic acids is 1. The zero-order valence-corrected chi connectivity index (χ0v) is 11.2. The van der Waals surface area contributed by atoms with E-state index in [1.54, 1.807) is 12.1 Å². The summed E-state index contributed by atoms with van der Waals surface area (Å²) in [6, 6.07) is 6.12. The van der Waals surface area contributed by atoms with Crippen molar-refractivity contribution >= 4 is 5.78 Å². The maximum Gasteiger partial charge on any atom is 0.151 e. The van der Waals surface area contributed by atoms with Crippen LogP contribution in [0.4, 0.5) is 4.39 Å². The maximum absolute atomic E-state index is 12.8. The Labute approximate surface area is 113 Å². The zero-order chi connectivity index (χ0) is 13.8. The molecule has 0 spiro atoms. The number of aliphatic hydroxyl groups is 1. The fourth-order valence-electron chi connectivity index (χ4n) is 2.69. The molecule has 0 aliphatic carbocycles. The lowest BCUT2D eigenvalue weighted by molar-refractivity contribution is -0.120. The molecule has 1 fully saturated rings. The monoisotopic (exact) mass is 265 g/mol. The summed E-state index contributed by atoms with van der Waals surface area (Å²) >= 11 is 0. The average molecular weight is 265 g/mol. The molecule has 1 aromatic rings. The molecule has 0 aromatic heterocycles. The van der Waals surface area contributed by atoms with Crippen LogP contribution in [0.15, 0.2) is 24.3 Å². The minimum Gasteiger partial charge on any atom is -0.395 e. The summed E-state index contributed by atoms with van der Waals surface area (Å²) in [5.74, 6) is 0.257. The number of rotatable bonds is 5. The summed E-state index contributed by atoms with van der Waals surface area (Å²) in [6.07, 6.45) is 1.35. The number of ketones is 1. The van der Waals surface area contributed by atoms with Crippen LogP contribution >= 0.6 is 0 Å². The molecule has 0 bridgehead atoms. The predicted molar refractivity (Wildman–Crippen MR) is 71.3 cm³/mol. The van der Waals surface area contributed by atoms with Gasteiger partial charge in [-0.2, -0.15) is 0 Å². The van der Waals surface area contributed by atoms with Crippen LogP contribution in [-0.2, 0) is 11.2 Å². The lowest BCUT2D eigenvalue weighted by Crippen LogP contribution is -2.39. The molecule has 0 saturated carbocycles. The Morgan fingerprint density at radius 1 is 1.42 bits per heavy atom. The van der Waals surface area contributed by atoms with Gasteiger partial charge in [-0.05, 0) is 36.6 Å². The van der Waals surface area contributed by atoms with Gasteiger partial charge in [0.2, 0.25) is 0 Å². The normalized spacial score (nSPS) is 23.7. The predicted octanol–water partition coefficient (Wildman–Crippen LogP) is 1.64. The molecule has 104 valence electrons. The Kier molecular flexibility index (Phi) is 4.66. The molecule has 4 heteroatoms. The van der Waals surface area contributed by atoms with Crippen LogP contribution in [0.3, 0.4) is 0 Å². The Bertz CT molecular complexity index is 432. The molecule has 2 unspecified atom stereocenters. The van der Waals surface area contributed by atoms with Crippen molar-refractivity contribution in [2.45, 2.75) is 25.8 Å². The number of carbonyl (C=O) groups is 1. The Balaban J connectivity index is 1.89. The van der Waals surface area contributed by atoms with Crippen molar-refractivity contribution in [3.8, 4) is 0 Å². The van der Waals surface area contributed by atoms with Gasteiger partial charge in [0.05, 0.1) is 13.2 Å². The first-order valence-electron chi connectivity index (χ1n) is 6.71. The van der Waals surface area contributed by atoms with Crippen molar-refractivity contribution in [3.05, 3.63) is 35.6 Å². The van der Waals surface area contributed by atoms with E-state index in [4.69, 9.17) is 0 Å². The van der Waals surface area contributed by atoms with Crippen LogP contribution in [0.5, 0.6) is 0 Å². The summed E-state index contributed by atoms with van der Waals surface area (Å²) < 4.78 is 12.8. The second kappa shape index (κ2) is 6.26. The topological polar surface area (TPSA) is 40.5 Å². The van der Waals surface area contributed by atoms with E-state index in [9.17, 15) is 14.3 Å². The fourth-order valence-corrected chi connectivity index (χ4v) is 2.69. The summed E-state index contributed by atoms with van der Waals surface area (Å²) in [4.78, 5) is 14.1. The zero-order valence-electron chi connectivity index (χ0n) is 11.2. The molecule has 3 nitrogen and oxygen atoms in total. The van der Waals surface area contributed by atoms with Crippen LogP contribution in [-0.4, -0.2) is 41.5 Å². The average Bonchev–Trinajstić information content (AvgIpc) is 2.72. The molecule has 1 heterocycles. The highest BCUT2D eigenvalue weighted by molar-refractivity contribution is 5.82. The van der Waals surface area contributed by atoms with E-state index in [0.717, 1.165) is 18.5 Å². The Morgan fingerprint density at radius 3 is 2.74 bits per heavy atom. The van der Waals surface area contributed by atoms with Gasteiger partial charge in [0.1, 0.15) is 5.82 Å². The van der Waals surface area contributed by atoms with E-state index in [2.05, 4.69) is 11.8 Å². The Morgan fingerprint density at radius 2 is 2.11 bits per heavy atom. The first-order chi connectivity index (χ1) is 9.10. The van der Waals surface area contributed by atoms with E-state index in [1.807, 2.05) is 0 Å². The first-order valence-corrected chi connectivity index (χ1v) is 6.71. The molecule has 1 aliphatic rings. The van der Waals surface area contributed by atoms with Gasteiger partial charge >= 0.3 is 0 Å². The molecule has 1 aromatic carbocycles. The van der Waals surface area contributed by atoms with Crippen molar-refractivity contribution in [2.24, 2.45) is 5.92 Å². The minimum absolute atomic E-state index is 0.0946. The third kappa shape index (κ3) is 3.61. The Hall–Kier alpha value is -1.26. The molecule has 1 aliphatic heterocycles. The number of Topliss-reactive ketones (excluding diaryl/α,β-unsaturated/α-hetero) is 1. The van der Waals surface area contributed by atoms with Gasteiger partial charge in [0.25, 0.3) is 0 Å². The number of benzene rings is 1. The van der Waals surface area contributed by atoms with Gasteiger partial charge in [-0.1, -0.05) is 19.1 Å². The van der Waals surface area contributed by atoms with Crippen LogP contribution in [0.25, 0.3) is 0 Å². The van der Waals surface area contributed by atoms with Gasteiger partial charge < -0.3 is 5.11 Å². The van der Waals surface area contributed by atoms with E-state index >= 15 is 0 Å². The summed E-state index contributed by atoms with van der Waals surface area (Å²) in [5.41, 5.74) is 0.833. The van der Waals surface area contributed by atoms with Crippen molar-refractivity contribution in [1.29, 1.82) is 0 Å². The highest BCUT2D eigenvalue weighted by atomic mass is 19.1. The molecular formula is C15H20FNO2. The second-order valence-electron chi connectivity index (χ2n) is 5.33. The molecule has 1 saturated heterocycles. The second-order valence-corrected chi connectivity index (χ2v) is 5.33. The van der Waals surface area contributed by atoms with E-state index in [0.29, 0.717) is 18.9 Å². The lowest BCUT2D eigenvalue weighted by atomic mass is 10.0. The number of hydrogen-bond donors (Lipinski definition) is 1. The molecule has 2 atom stereocenters. The van der Waals surface area contributed by atoms with Gasteiger partial charge in [-0.25, -0.2) is 4.39 Å². The molecule has 1 N–H and O–H groups in total. The maximum atomic E-state index is 12.8. The van der Waals surface area contributed by atoms with Gasteiger partial charge in [-0.3, -0.25) is 9.69 Å². The number of aliphatic hydroxyl groups excluding tert-OH is 1. The van der Waals surface area contributed by atoms with E-state index < -0.39 is 0 Å². The number of hydrogen-bond acceptors (Lipinski definition) is 3. The smallest absolute Gasteiger partial charge is 0.151 e. The summed E-state index contributed by atoms with van der Waals surface area (Å²) in [7, 11) is 0. The quantitative estimate of drug-likeness (QED) is 0.880. The first kappa shape index (κ1) is 14.2. The largest absolute Gasteiger partial charge is 0.395 e. The van der Waals surface area contributed by atoms with Gasteiger partial charge in [0.15, 0.2) is 5.78 Å². The molecular weight excluding hydrogens is 245 g/mol. The number of nitrogens with zero attached hydrogens (tertiary/aromatic N) is 1. The van der Waals surface area contributed by atoms with Crippen LogP contribution in [0.1, 0.15) is 18.9 Å². The summed E-state index contributed by atoms with van der Waals surface area (Å²) in [6.45, 7) is 3.44. The number of likely N-dealkylation sites (tertiary alicyclic amines) is 1. The standard InChI is InChI=1S/C15H20FNO2/c1-11-6-7-17(15(11)10-18)9-14(19)8-12-2-4-13(16)5-3-12/h2-5,11,15,18H,6-10H2,1H3. The SMILES string of the molecule is CC1CCN(CC(=O)Cc2ccc(F)cc2)C1CO. The third-order valence-corrected chi connectivity index (χ3v) is 3.88. The highest BCUT2D eigenvalue weighted by Gasteiger charge is 2.31. The summed E-state index contributed by atoms with van der Waals surface area (Å²) in [5, 5.41) is 9.35. The minimum atomic E-state index is -0.287. The molecule has 0 radical (unpaired) electrons. The third-order valence-electron chi connectivity index (χ3n) is 3.88. The number of halogens is 1. The van der Waals surface area contributed by atoms with Crippen molar-refractivity contribution in [3.63, 3.8) is 0 Å². The van der Waals surface area contributed by atoms with Crippen LogP contribution in [0, 0.1) is 11.7 Å². The van der Waals surface area contributed by atoms with Gasteiger partial charge in [-0.15, -0.1) is 0 Å². The molecule has 2 rings (SSSR count). The van der Waals surface area contributed by atoms with E-state index in [-0.39, 0.29) is 24.2 Å².